The van der Waals surface area contributed by atoms with Crippen LogP contribution in [0, 0.1) is 5.92 Å². The number of carboxylic acid groups (broad SMARTS) is 1. The number of aliphatic carboxylic acids is 1. The molecule has 1 atom stereocenters. The lowest BCUT2D eigenvalue weighted by Crippen LogP contribution is -2.36. The molecule has 1 aliphatic heterocycles. The molecule has 5 aromatic rings. The molecule has 14 heteroatoms. The lowest BCUT2D eigenvalue weighted by Gasteiger charge is -2.33. The summed E-state index contributed by atoms with van der Waals surface area (Å²) in [5.41, 5.74) is 6.54. The Kier molecular flexibility index (Phi) is 11.9. The summed E-state index contributed by atoms with van der Waals surface area (Å²) in [6, 6.07) is 18.2. The summed E-state index contributed by atoms with van der Waals surface area (Å²) in [4.78, 5) is 34.9. The first-order valence-electron chi connectivity index (χ1n) is 18.6. The highest BCUT2D eigenvalue weighted by Gasteiger charge is 2.29. The number of fused-ring (bicyclic) bond motifs is 1. The van der Waals surface area contributed by atoms with Gasteiger partial charge in [0, 0.05) is 65.8 Å². The third-order valence-corrected chi connectivity index (χ3v) is 11.6. The molecule has 3 N–H and O–H groups in total. The van der Waals surface area contributed by atoms with Gasteiger partial charge in [-0.25, -0.2) is 9.97 Å². The molecule has 3 aromatic heterocycles. The fraction of sp³-hybridized carbons (Fsp3) is 0.390. The molecule has 2 fully saturated rings. The van der Waals surface area contributed by atoms with Crippen LogP contribution >= 0.6 is 23.2 Å². The SMILES string of the molecule is COc1nc(-c2cccc(-c3cccc4c3cnn4Cc3nc(OC)c(CN(C)C4CCC(C(=O)O)CC4)cc3Cl)c2Cl)ccc1CNC[C@@H]1CCC(=O)N1. The van der Waals surface area contributed by atoms with E-state index in [1.54, 1.807) is 14.2 Å². The molecule has 1 amide bonds. The minimum absolute atomic E-state index is 0.0976. The van der Waals surface area contributed by atoms with Crippen molar-refractivity contribution in [1.82, 2.24) is 35.3 Å². The molecule has 4 heterocycles. The second kappa shape index (κ2) is 16.9. The van der Waals surface area contributed by atoms with Gasteiger partial charge in [-0.05, 0) is 62.9 Å². The first kappa shape index (κ1) is 38.5. The standard InChI is InChI=1S/C41H45Cl2N7O5/c1-49(28-14-10-24(11-15-28)41(52)53)22-26-18-33(42)35(48-40(26)55-3)23-50-36-9-5-6-29(32(36)21-45-50)30-7-4-8-31(38(30)43)34-16-12-25(39(47-34)54-2)19-44-20-27-13-17-37(51)46-27/h4-9,12,16,18,21,24,27-28,44H,10-11,13-15,17,19-20,22-23H2,1-3H3,(H,46,51)(H,52,53)/t24?,27-,28?/m0/s1. The van der Waals surface area contributed by atoms with Crippen molar-refractivity contribution in [2.45, 2.75) is 70.2 Å². The Balaban J connectivity index is 1.09. The maximum Gasteiger partial charge on any atom is 0.306 e. The Morgan fingerprint density at radius 1 is 0.964 bits per heavy atom. The molecule has 7 rings (SSSR count). The van der Waals surface area contributed by atoms with Gasteiger partial charge in [-0.15, -0.1) is 0 Å². The number of halogens is 2. The zero-order valence-electron chi connectivity index (χ0n) is 31.1. The maximum absolute atomic E-state index is 11.5. The molecule has 0 unspecified atom stereocenters. The third-order valence-electron chi connectivity index (χ3n) is 10.8. The number of pyridine rings is 2. The monoisotopic (exact) mass is 785 g/mol. The molecule has 288 valence electrons. The van der Waals surface area contributed by atoms with Crippen LogP contribution in [0.2, 0.25) is 10.0 Å². The average molecular weight is 787 g/mol. The summed E-state index contributed by atoms with van der Waals surface area (Å²) >= 11 is 14.0. The smallest absolute Gasteiger partial charge is 0.306 e. The topological polar surface area (TPSA) is 144 Å². The van der Waals surface area contributed by atoms with Gasteiger partial charge in [0.25, 0.3) is 0 Å². The molecule has 2 aromatic carbocycles. The van der Waals surface area contributed by atoms with Crippen molar-refractivity contribution in [3.05, 3.63) is 87.7 Å². The Bertz CT molecular complexity index is 2200. The number of carboxylic acids is 1. The second-order valence-corrected chi connectivity index (χ2v) is 15.1. The minimum Gasteiger partial charge on any atom is -0.481 e. The van der Waals surface area contributed by atoms with E-state index in [1.165, 1.54) is 0 Å². The van der Waals surface area contributed by atoms with E-state index in [0.717, 1.165) is 58.0 Å². The van der Waals surface area contributed by atoms with Gasteiger partial charge in [-0.2, -0.15) is 5.10 Å². The largest absolute Gasteiger partial charge is 0.481 e. The van der Waals surface area contributed by atoms with Gasteiger partial charge in [-0.1, -0.05) is 59.6 Å². The molecular weight excluding hydrogens is 741 g/mol. The number of hydrogen-bond donors (Lipinski definition) is 3. The van der Waals surface area contributed by atoms with Crippen LogP contribution in [-0.2, 0) is 29.2 Å². The summed E-state index contributed by atoms with van der Waals surface area (Å²) < 4.78 is 13.3. The van der Waals surface area contributed by atoms with E-state index in [0.29, 0.717) is 78.6 Å². The van der Waals surface area contributed by atoms with Crippen molar-refractivity contribution in [3.8, 4) is 34.1 Å². The molecule has 1 saturated heterocycles. The van der Waals surface area contributed by atoms with Crippen LogP contribution < -0.4 is 20.1 Å². The van der Waals surface area contributed by atoms with Gasteiger partial charge in [0.05, 0.1) is 59.8 Å². The number of aromatic nitrogens is 4. The summed E-state index contributed by atoms with van der Waals surface area (Å²) in [5.74, 6) is 0.142. The van der Waals surface area contributed by atoms with E-state index in [9.17, 15) is 14.7 Å². The minimum atomic E-state index is -0.705. The van der Waals surface area contributed by atoms with Crippen LogP contribution in [0.4, 0.5) is 0 Å². The van der Waals surface area contributed by atoms with E-state index in [-0.39, 0.29) is 23.9 Å². The Morgan fingerprint density at radius 2 is 1.69 bits per heavy atom. The van der Waals surface area contributed by atoms with Crippen LogP contribution in [0.25, 0.3) is 33.3 Å². The normalized spacial score (nSPS) is 18.5. The van der Waals surface area contributed by atoms with E-state index in [4.69, 9.17) is 47.7 Å². The molecule has 1 saturated carbocycles. The Labute approximate surface area is 330 Å². The van der Waals surface area contributed by atoms with Crippen LogP contribution in [0.1, 0.15) is 55.3 Å². The van der Waals surface area contributed by atoms with E-state index in [1.807, 2.05) is 72.5 Å². The summed E-state index contributed by atoms with van der Waals surface area (Å²) in [6.07, 6.45) is 6.27. The predicted molar refractivity (Wildman–Crippen MR) is 213 cm³/mol. The Hall–Kier alpha value is -4.75. The van der Waals surface area contributed by atoms with Crippen molar-refractivity contribution in [2.24, 2.45) is 5.92 Å². The zero-order valence-corrected chi connectivity index (χ0v) is 32.7. The van der Waals surface area contributed by atoms with Gasteiger partial charge in [0.1, 0.15) is 0 Å². The molecular formula is C41H45Cl2N7O5. The second-order valence-electron chi connectivity index (χ2n) is 14.4. The van der Waals surface area contributed by atoms with Crippen LogP contribution in [0.5, 0.6) is 11.8 Å². The first-order chi connectivity index (χ1) is 26.6. The third kappa shape index (κ3) is 8.42. The number of ether oxygens (including phenoxy) is 2. The molecule has 12 nitrogen and oxygen atoms in total. The van der Waals surface area contributed by atoms with Crippen molar-refractivity contribution in [1.29, 1.82) is 0 Å². The number of carbonyl (C=O) groups is 2. The number of rotatable bonds is 14. The van der Waals surface area contributed by atoms with Gasteiger partial charge in [0.2, 0.25) is 17.7 Å². The predicted octanol–water partition coefficient (Wildman–Crippen LogP) is 6.98. The number of benzene rings is 2. The van der Waals surface area contributed by atoms with E-state index in [2.05, 4.69) is 15.5 Å². The van der Waals surface area contributed by atoms with Crippen molar-refractivity contribution >= 4 is 46.0 Å². The number of nitrogens with zero attached hydrogens (tertiary/aromatic N) is 5. The van der Waals surface area contributed by atoms with Crippen LogP contribution in [0.3, 0.4) is 0 Å². The number of methoxy groups -OCH3 is 2. The number of nitrogens with one attached hydrogen (secondary N) is 2. The van der Waals surface area contributed by atoms with Crippen LogP contribution in [-0.4, -0.2) is 81.5 Å². The molecule has 0 spiro atoms. The fourth-order valence-corrected chi connectivity index (χ4v) is 8.35. The van der Waals surface area contributed by atoms with Crippen molar-refractivity contribution in [2.75, 3.05) is 27.8 Å². The van der Waals surface area contributed by atoms with Gasteiger partial charge in [-0.3, -0.25) is 19.2 Å². The number of hydrogen-bond acceptors (Lipinski definition) is 9. The quantitative estimate of drug-likeness (QED) is 0.108. The molecule has 0 radical (unpaired) electrons. The lowest BCUT2D eigenvalue weighted by molar-refractivity contribution is -0.143. The number of amides is 1. The average Bonchev–Trinajstić information content (AvgIpc) is 3.81. The van der Waals surface area contributed by atoms with Gasteiger partial charge >= 0.3 is 5.97 Å². The van der Waals surface area contributed by atoms with Crippen LogP contribution in [0.15, 0.2) is 60.8 Å². The molecule has 55 heavy (non-hydrogen) atoms. The maximum atomic E-state index is 11.5. The molecule has 0 bridgehead atoms. The van der Waals surface area contributed by atoms with Gasteiger partial charge in [0.15, 0.2) is 0 Å². The zero-order chi connectivity index (χ0) is 38.6. The highest BCUT2D eigenvalue weighted by molar-refractivity contribution is 6.36. The highest BCUT2D eigenvalue weighted by atomic mass is 35.5. The van der Waals surface area contributed by atoms with Gasteiger partial charge < -0.3 is 25.2 Å². The molecule has 1 aliphatic carbocycles. The van der Waals surface area contributed by atoms with Crippen molar-refractivity contribution < 1.29 is 24.2 Å². The number of carbonyl (C=O) groups excluding carboxylic acids is 1. The summed E-state index contributed by atoms with van der Waals surface area (Å²) in [7, 11) is 5.26. The summed E-state index contributed by atoms with van der Waals surface area (Å²) in [6.45, 7) is 2.13. The summed E-state index contributed by atoms with van der Waals surface area (Å²) in [5, 5.41) is 22.5. The first-order valence-corrected chi connectivity index (χ1v) is 19.3. The van der Waals surface area contributed by atoms with E-state index >= 15 is 0 Å². The molecule has 2 aliphatic rings. The Morgan fingerprint density at radius 3 is 2.42 bits per heavy atom. The van der Waals surface area contributed by atoms with E-state index < -0.39 is 5.97 Å². The fourth-order valence-electron chi connectivity index (χ4n) is 7.79. The highest BCUT2D eigenvalue weighted by Crippen LogP contribution is 2.40. The van der Waals surface area contributed by atoms with Crippen molar-refractivity contribution in [3.63, 3.8) is 0 Å². The lowest BCUT2D eigenvalue weighted by atomic mass is 9.85.